The zero-order valence-electron chi connectivity index (χ0n) is 25.2. The van der Waals surface area contributed by atoms with E-state index in [0.29, 0.717) is 42.6 Å². The van der Waals surface area contributed by atoms with E-state index in [1.165, 1.54) is 7.11 Å². The van der Waals surface area contributed by atoms with Gasteiger partial charge >= 0.3 is 0 Å². The van der Waals surface area contributed by atoms with Gasteiger partial charge in [0.15, 0.2) is 29.2 Å². The largest absolute Gasteiger partial charge is 0.668 e. The Morgan fingerprint density at radius 2 is 1.91 bits per heavy atom. The van der Waals surface area contributed by atoms with Gasteiger partial charge in [-0.25, -0.2) is 4.98 Å². The molecule has 3 atom stereocenters. The monoisotopic (exact) mass is 590 g/mol. The Hall–Kier alpha value is -3.69. The van der Waals surface area contributed by atoms with Crippen LogP contribution in [0.3, 0.4) is 0 Å². The Morgan fingerprint density at radius 1 is 1.14 bits per heavy atom. The molecule has 5 N–H and O–H groups in total. The van der Waals surface area contributed by atoms with E-state index in [1.54, 1.807) is 18.5 Å². The Morgan fingerprint density at radius 3 is 2.60 bits per heavy atom. The first-order valence-electron chi connectivity index (χ1n) is 15.3. The van der Waals surface area contributed by atoms with Crippen molar-refractivity contribution in [2.24, 2.45) is 5.41 Å². The number of aryl methyl sites for hydroxylation is 1. The van der Waals surface area contributed by atoms with E-state index in [4.69, 9.17) is 10.5 Å². The summed E-state index contributed by atoms with van der Waals surface area (Å²) >= 11 is 0. The highest BCUT2D eigenvalue weighted by atomic mass is 16.5. The summed E-state index contributed by atoms with van der Waals surface area (Å²) in [4.78, 5) is 34.0. The van der Waals surface area contributed by atoms with Crippen LogP contribution in [0.15, 0.2) is 42.7 Å². The third-order valence-electron chi connectivity index (χ3n) is 8.88. The van der Waals surface area contributed by atoms with E-state index >= 15 is 0 Å². The van der Waals surface area contributed by atoms with E-state index in [1.807, 2.05) is 24.3 Å². The Labute approximate surface area is 253 Å². The lowest BCUT2D eigenvalue weighted by Crippen LogP contribution is -2.40. The lowest BCUT2D eigenvalue weighted by Gasteiger charge is -2.46. The number of ether oxygens (including phenoxy) is 1. The molecule has 9 nitrogen and oxygen atoms in total. The lowest BCUT2D eigenvalue weighted by molar-refractivity contribution is -0.138. The predicted octanol–water partition coefficient (Wildman–Crippen LogP) is 4.43. The third kappa shape index (κ3) is 7.28. The molecular formula is C34H44N3O6-. The van der Waals surface area contributed by atoms with Gasteiger partial charge in [-0.3, -0.25) is 9.59 Å². The number of nitrogens with zero attached hydrogens (tertiary/aromatic N) is 2. The quantitative estimate of drug-likeness (QED) is 0.140. The molecule has 1 aliphatic rings. The van der Waals surface area contributed by atoms with Crippen molar-refractivity contribution in [2.75, 3.05) is 19.5 Å². The van der Waals surface area contributed by atoms with Crippen molar-refractivity contribution in [1.82, 2.24) is 9.97 Å². The number of aliphatic hydroxyl groups excluding tert-OH is 2. The summed E-state index contributed by atoms with van der Waals surface area (Å²) < 4.78 is 5.55. The molecule has 0 unspecified atom stereocenters. The van der Waals surface area contributed by atoms with Crippen LogP contribution in [0.4, 0.5) is 5.82 Å². The number of unbranched alkanes of at least 4 members (excludes halogenated alkanes) is 4. The number of ketones is 2. The zero-order chi connectivity index (χ0) is 31.0. The van der Waals surface area contributed by atoms with E-state index in [2.05, 4.69) is 16.9 Å². The van der Waals surface area contributed by atoms with Crippen LogP contribution in [0.1, 0.15) is 92.2 Å². The van der Waals surface area contributed by atoms with E-state index in [-0.39, 0.29) is 37.4 Å². The van der Waals surface area contributed by atoms with Gasteiger partial charge in [0, 0.05) is 42.5 Å². The molecule has 3 aromatic rings. The summed E-state index contributed by atoms with van der Waals surface area (Å²) in [5, 5.41) is 32.8. The maximum absolute atomic E-state index is 12.8. The van der Waals surface area contributed by atoms with Crippen molar-refractivity contribution in [3.63, 3.8) is 0 Å². The van der Waals surface area contributed by atoms with Crippen LogP contribution in [0.25, 0.3) is 0 Å². The average Bonchev–Trinajstić information content (AvgIpc) is 3.52. The summed E-state index contributed by atoms with van der Waals surface area (Å²) in [5.41, 5.74) is 9.40. The summed E-state index contributed by atoms with van der Waals surface area (Å²) in [6, 6.07) is 9.15. The van der Waals surface area contributed by atoms with Crippen molar-refractivity contribution < 1.29 is 29.6 Å². The number of Topliss-reactive ketones (excluding diaryl/α,β-unsaturated/α-hetero) is 2. The number of carbonyl (C=O) groups is 2. The number of pyridine rings is 1. The number of phenolic OH excluding ortho intramolecular Hbond substituents is 1. The fourth-order valence-electron chi connectivity index (χ4n) is 6.46. The van der Waals surface area contributed by atoms with Crippen molar-refractivity contribution >= 4 is 17.4 Å². The number of aromatic hydroxyl groups is 1. The number of carbonyl (C=O) groups excluding carboxylic acids is 2. The normalized spacial score (nSPS) is 18.7. The number of rotatable bonds is 16. The highest BCUT2D eigenvalue weighted by Crippen LogP contribution is 2.54. The molecule has 9 heteroatoms. The minimum absolute atomic E-state index is 0.0448. The van der Waals surface area contributed by atoms with Gasteiger partial charge < -0.3 is 30.8 Å². The second-order valence-corrected chi connectivity index (χ2v) is 11.8. The standard InChI is InChI=1S/C34H44N3O6/c1-3-4-5-6-7-10-27(39)32(42)28(40)12-11-22-18-26(31(41)29(19-22)43-2)30-24-14-17-37-33(35)25(24)13-15-34(30,21-38)20-23-9-8-16-36-23/h8-9,14,16-19,30,32,38,41-42H,3-7,10-13,15,20-21H2,1-2H3,(H2,35,37)/q-1/t30-,32-,34-/m0/s1. The minimum Gasteiger partial charge on any atom is -0.668 e. The maximum atomic E-state index is 12.8. The molecule has 1 aliphatic carbocycles. The van der Waals surface area contributed by atoms with Gasteiger partial charge in [0.05, 0.1) is 7.11 Å². The maximum Gasteiger partial charge on any atom is 0.170 e. The van der Waals surface area contributed by atoms with Crippen LogP contribution >= 0.6 is 0 Å². The Bertz CT molecular complexity index is 1390. The average molecular weight is 591 g/mol. The number of fused-ring (bicyclic) bond motifs is 1. The van der Waals surface area contributed by atoms with Crippen molar-refractivity contribution in [3.8, 4) is 11.5 Å². The third-order valence-corrected chi connectivity index (χ3v) is 8.88. The molecule has 2 aromatic heterocycles. The lowest BCUT2D eigenvalue weighted by atomic mass is 9.60. The van der Waals surface area contributed by atoms with Crippen LogP contribution in [0, 0.1) is 5.41 Å². The summed E-state index contributed by atoms with van der Waals surface area (Å²) in [5.74, 6) is -0.857. The Balaban J connectivity index is 1.63. The fraction of sp³-hybridized carbons (Fsp3) is 0.500. The molecule has 0 radical (unpaired) electrons. The van der Waals surface area contributed by atoms with Gasteiger partial charge in [-0.2, -0.15) is 11.9 Å². The first-order chi connectivity index (χ1) is 20.7. The molecule has 43 heavy (non-hydrogen) atoms. The molecule has 0 spiro atoms. The number of nitrogen functional groups attached to an aromatic ring is 1. The number of nitrogens with two attached hydrogens (primary N) is 1. The minimum atomic E-state index is -1.63. The van der Waals surface area contributed by atoms with Crippen LogP contribution in [-0.4, -0.2) is 51.7 Å². The smallest absolute Gasteiger partial charge is 0.170 e. The predicted molar refractivity (Wildman–Crippen MR) is 164 cm³/mol. The Kier molecular flexibility index (Phi) is 11.0. The number of benzene rings is 1. The summed E-state index contributed by atoms with van der Waals surface area (Å²) in [7, 11) is 1.46. The number of hydrogen-bond acceptors (Lipinski definition) is 8. The number of aliphatic hydroxyl groups is 2. The van der Waals surface area contributed by atoms with Crippen molar-refractivity contribution in [1.29, 1.82) is 0 Å². The van der Waals surface area contributed by atoms with Crippen molar-refractivity contribution in [3.05, 3.63) is 70.7 Å². The molecule has 0 fully saturated rings. The van der Waals surface area contributed by atoms with Gasteiger partial charge in [0.25, 0.3) is 0 Å². The SMILES string of the molecule is CCCCCCCC(=O)[C@H](O)C(=O)CCc1cc(OC)c(O)c([C@@H]2c3ccnc(N)c3CC[C@@]2(CO)Cc2ccc[n-]2)c1. The van der Waals surface area contributed by atoms with Crippen LogP contribution in [-0.2, 0) is 28.9 Å². The van der Waals surface area contributed by atoms with Gasteiger partial charge in [0.2, 0.25) is 0 Å². The second kappa shape index (κ2) is 14.7. The molecular weight excluding hydrogens is 546 g/mol. The highest BCUT2D eigenvalue weighted by molar-refractivity contribution is 6.05. The highest BCUT2D eigenvalue weighted by Gasteiger charge is 2.45. The summed E-state index contributed by atoms with van der Waals surface area (Å²) in [6.07, 6.45) is 8.58. The van der Waals surface area contributed by atoms with Gasteiger partial charge in [0.1, 0.15) is 5.82 Å². The number of methoxy groups -OCH3 is 1. The fourth-order valence-corrected chi connectivity index (χ4v) is 6.46. The number of hydrogen-bond donors (Lipinski definition) is 4. The van der Waals surface area contributed by atoms with Gasteiger partial charge in [-0.1, -0.05) is 50.8 Å². The van der Waals surface area contributed by atoms with E-state index in [0.717, 1.165) is 42.5 Å². The first-order valence-corrected chi connectivity index (χ1v) is 15.3. The second-order valence-electron chi connectivity index (χ2n) is 11.8. The van der Waals surface area contributed by atoms with E-state index in [9.17, 15) is 24.9 Å². The van der Waals surface area contributed by atoms with Gasteiger partial charge in [-0.15, -0.1) is 0 Å². The van der Waals surface area contributed by atoms with Gasteiger partial charge in [-0.05, 0) is 60.9 Å². The first kappa shape index (κ1) is 32.2. The van der Waals surface area contributed by atoms with Crippen LogP contribution < -0.4 is 15.5 Å². The molecule has 2 heterocycles. The number of aromatic nitrogens is 2. The molecule has 232 valence electrons. The van der Waals surface area contributed by atoms with Crippen LogP contribution in [0.5, 0.6) is 11.5 Å². The molecule has 0 amide bonds. The van der Waals surface area contributed by atoms with E-state index < -0.39 is 29.0 Å². The number of phenols is 1. The van der Waals surface area contributed by atoms with Crippen molar-refractivity contribution in [2.45, 2.75) is 89.6 Å². The topological polar surface area (TPSA) is 157 Å². The molecule has 0 saturated carbocycles. The molecule has 0 aliphatic heterocycles. The molecule has 0 saturated heterocycles. The zero-order valence-corrected chi connectivity index (χ0v) is 25.2. The molecule has 1 aromatic carbocycles. The summed E-state index contributed by atoms with van der Waals surface area (Å²) in [6.45, 7) is 1.95. The molecule has 4 rings (SSSR count). The van der Waals surface area contributed by atoms with Crippen LogP contribution in [0.2, 0.25) is 0 Å². The molecule has 0 bridgehead atoms. The number of anilines is 1.